The van der Waals surface area contributed by atoms with E-state index in [4.69, 9.17) is 19.0 Å². The fourth-order valence-corrected chi connectivity index (χ4v) is 6.26. The van der Waals surface area contributed by atoms with Gasteiger partial charge >= 0.3 is 6.09 Å². The molecule has 2 aliphatic heterocycles. The Morgan fingerprint density at radius 3 is 2.42 bits per heavy atom. The van der Waals surface area contributed by atoms with Crippen LogP contribution in [0.3, 0.4) is 0 Å². The van der Waals surface area contributed by atoms with Crippen molar-refractivity contribution in [3.63, 3.8) is 0 Å². The van der Waals surface area contributed by atoms with E-state index in [9.17, 15) is 4.79 Å². The number of rotatable bonds is 5. The molecule has 0 saturated carbocycles. The third-order valence-electron chi connectivity index (χ3n) is 8.05. The Bertz CT molecular complexity index is 1170. The Morgan fingerprint density at radius 1 is 1.16 bits per heavy atom. The monoisotopic (exact) mass is 605 g/mol. The van der Waals surface area contributed by atoms with Gasteiger partial charge in [0.15, 0.2) is 8.32 Å². The SMILES string of the molecule is Cc1c(Br)c(-c2ccc3c(c2)CC(CO[Si](C)(C)C(C)(C)C)O3)nn1C1CCN(C(=O)OC(C)(C)C)CC1. The minimum absolute atomic E-state index is 0.0484. The van der Waals surface area contributed by atoms with Crippen LogP contribution in [0.1, 0.15) is 71.7 Å². The lowest BCUT2D eigenvalue weighted by atomic mass is 10.0. The van der Waals surface area contributed by atoms with Crippen molar-refractivity contribution in [1.82, 2.24) is 14.7 Å². The molecule has 1 aromatic carbocycles. The van der Waals surface area contributed by atoms with Crippen LogP contribution in [0.25, 0.3) is 11.3 Å². The maximum Gasteiger partial charge on any atom is 0.410 e. The summed E-state index contributed by atoms with van der Waals surface area (Å²) in [6, 6.07) is 6.62. The Hall–Kier alpha value is -1.84. The molecule has 1 aromatic heterocycles. The van der Waals surface area contributed by atoms with E-state index in [1.54, 1.807) is 0 Å². The lowest BCUT2D eigenvalue weighted by Crippen LogP contribution is -2.43. The quantitative estimate of drug-likeness (QED) is 0.330. The van der Waals surface area contributed by atoms with Gasteiger partial charge in [0.1, 0.15) is 23.1 Å². The van der Waals surface area contributed by atoms with Crippen LogP contribution >= 0.6 is 15.9 Å². The number of fused-ring (bicyclic) bond motifs is 1. The van der Waals surface area contributed by atoms with Gasteiger partial charge in [-0.1, -0.05) is 20.8 Å². The largest absolute Gasteiger partial charge is 0.487 e. The van der Waals surface area contributed by atoms with Crippen molar-refractivity contribution in [2.45, 2.75) is 104 Å². The first kappa shape index (κ1) is 29.1. The maximum atomic E-state index is 12.5. The highest BCUT2D eigenvalue weighted by molar-refractivity contribution is 9.10. The molecule has 0 spiro atoms. The van der Waals surface area contributed by atoms with Crippen molar-refractivity contribution < 1.29 is 18.7 Å². The molecular formula is C29H44BrN3O4Si. The molecule has 1 saturated heterocycles. The highest BCUT2D eigenvalue weighted by atomic mass is 79.9. The minimum Gasteiger partial charge on any atom is -0.487 e. The standard InChI is InChI=1S/C29H44BrN3O4Si/c1-19-25(30)26(31-33(19)22-12-14-32(15-13-22)27(34)37-28(2,3)4)20-10-11-24-21(16-20)17-23(36-24)18-35-38(8,9)29(5,6)7/h10-11,16,22-23H,12-15,17-18H2,1-9H3. The molecule has 3 heterocycles. The van der Waals surface area contributed by atoms with Gasteiger partial charge in [-0.25, -0.2) is 4.79 Å². The van der Waals surface area contributed by atoms with E-state index in [1.807, 2.05) is 25.7 Å². The van der Waals surface area contributed by atoms with Crippen LogP contribution in [0.4, 0.5) is 4.79 Å². The number of carbonyl (C=O) groups excluding carboxylic acids is 1. The first-order valence-corrected chi connectivity index (χ1v) is 17.4. The molecule has 1 amide bonds. The fraction of sp³-hybridized carbons (Fsp3) is 0.655. The second kappa shape index (κ2) is 10.6. The number of halogens is 1. The minimum atomic E-state index is -1.82. The second-order valence-corrected chi connectivity index (χ2v) is 18.8. The Balaban J connectivity index is 1.43. The van der Waals surface area contributed by atoms with E-state index < -0.39 is 13.9 Å². The highest BCUT2D eigenvalue weighted by Gasteiger charge is 2.38. The molecule has 1 fully saturated rings. The topological polar surface area (TPSA) is 65.8 Å². The van der Waals surface area contributed by atoms with Crippen molar-refractivity contribution in [2.75, 3.05) is 19.7 Å². The Labute approximate surface area is 237 Å². The van der Waals surface area contributed by atoms with Gasteiger partial charge in [0.2, 0.25) is 0 Å². The zero-order valence-corrected chi connectivity index (χ0v) is 27.1. The summed E-state index contributed by atoms with van der Waals surface area (Å²) in [4.78, 5) is 14.3. The summed E-state index contributed by atoms with van der Waals surface area (Å²) in [6.07, 6.45) is 2.36. The van der Waals surface area contributed by atoms with Crippen LogP contribution in [-0.4, -0.2) is 60.5 Å². The average molecular weight is 607 g/mol. The molecule has 9 heteroatoms. The summed E-state index contributed by atoms with van der Waals surface area (Å²) in [7, 11) is -1.82. The number of carbonyl (C=O) groups is 1. The summed E-state index contributed by atoms with van der Waals surface area (Å²) in [5, 5.41) is 5.23. The zero-order chi connectivity index (χ0) is 28.0. The lowest BCUT2D eigenvalue weighted by Gasteiger charge is -2.36. The van der Waals surface area contributed by atoms with Gasteiger partial charge in [0.05, 0.1) is 22.8 Å². The van der Waals surface area contributed by atoms with Crippen LogP contribution in [-0.2, 0) is 15.6 Å². The van der Waals surface area contributed by atoms with E-state index in [0.717, 1.165) is 46.4 Å². The van der Waals surface area contributed by atoms with Gasteiger partial charge in [-0.15, -0.1) is 0 Å². The van der Waals surface area contributed by atoms with E-state index in [0.29, 0.717) is 19.7 Å². The third kappa shape index (κ3) is 6.31. The van der Waals surface area contributed by atoms with Gasteiger partial charge in [0, 0.05) is 25.1 Å². The zero-order valence-electron chi connectivity index (χ0n) is 24.5. The summed E-state index contributed by atoms with van der Waals surface area (Å²) in [5.41, 5.74) is 3.86. The van der Waals surface area contributed by atoms with Crippen LogP contribution < -0.4 is 4.74 Å². The molecule has 2 aliphatic rings. The number of amides is 1. The molecule has 210 valence electrons. The van der Waals surface area contributed by atoms with Gasteiger partial charge in [-0.05, 0) is 98.4 Å². The molecule has 2 aromatic rings. The Morgan fingerprint density at radius 2 is 1.82 bits per heavy atom. The first-order chi connectivity index (χ1) is 17.6. The fourth-order valence-electron chi connectivity index (χ4n) is 4.74. The molecule has 0 radical (unpaired) electrons. The number of nitrogens with zero attached hydrogens (tertiary/aromatic N) is 3. The molecule has 0 N–H and O–H groups in total. The number of hydrogen-bond acceptors (Lipinski definition) is 5. The van der Waals surface area contributed by atoms with E-state index >= 15 is 0 Å². The normalized spacial score (nSPS) is 18.9. The van der Waals surface area contributed by atoms with Crippen molar-refractivity contribution >= 4 is 30.3 Å². The van der Waals surface area contributed by atoms with Crippen LogP contribution in [0.5, 0.6) is 5.75 Å². The van der Waals surface area contributed by atoms with Crippen molar-refractivity contribution in [2.24, 2.45) is 0 Å². The van der Waals surface area contributed by atoms with Gasteiger partial charge < -0.3 is 18.8 Å². The van der Waals surface area contributed by atoms with E-state index in [2.05, 4.69) is 79.6 Å². The average Bonchev–Trinajstić information content (AvgIpc) is 3.36. The Kier molecular flexibility index (Phi) is 8.14. The highest BCUT2D eigenvalue weighted by Crippen LogP contribution is 2.40. The summed E-state index contributed by atoms with van der Waals surface area (Å²) in [5.74, 6) is 0.944. The molecule has 1 atom stereocenters. The summed E-state index contributed by atoms with van der Waals surface area (Å²) >= 11 is 3.82. The number of likely N-dealkylation sites (tertiary alicyclic amines) is 1. The molecule has 7 nitrogen and oxygen atoms in total. The van der Waals surface area contributed by atoms with Crippen molar-refractivity contribution in [3.05, 3.63) is 33.9 Å². The number of benzene rings is 1. The molecule has 0 aliphatic carbocycles. The summed E-state index contributed by atoms with van der Waals surface area (Å²) < 4.78 is 21.4. The first-order valence-electron chi connectivity index (χ1n) is 13.7. The third-order valence-corrected chi connectivity index (χ3v) is 13.5. The molecule has 0 bridgehead atoms. The van der Waals surface area contributed by atoms with Crippen LogP contribution in [0.15, 0.2) is 22.7 Å². The molecular weight excluding hydrogens is 562 g/mol. The molecule has 4 rings (SSSR count). The van der Waals surface area contributed by atoms with Crippen molar-refractivity contribution in [1.29, 1.82) is 0 Å². The number of aromatic nitrogens is 2. The molecule has 1 unspecified atom stereocenters. The predicted molar refractivity (Wildman–Crippen MR) is 157 cm³/mol. The number of piperidine rings is 1. The van der Waals surface area contributed by atoms with Crippen molar-refractivity contribution in [3.8, 4) is 17.0 Å². The van der Waals surface area contributed by atoms with Crippen LogP contribution in [0, 0.1) is 6.92 Å². The van der Waals surface area contributed by atoms with Gasteiger partial charge in [-0.2, -0.15) is 5.10 Å². The number of ether oxygens (including phenoxy) is 2. The maximum absolute atomic E-state index is 12.5. The van der Waals surface area contributed by atoms with Crippen LogP contribution in [0.2, 0.25) is 18.1 Å². The second-order valence-electron chi connectivity index (χ2n) is 13.2. The molecule has 38 heavy (non-hydrogen) atoms. The van der Waals surface area contributed by atoms with E-state index in [-0.39, 0.29) is 23.3 Å². The number of hydrogen-bond donors (Lipinski definition) is 0. The summed E-state index contributed by atoms with van der Waals surface area (Å²) in [6.45, 7) is 21.1. The van der Waals surface area contributed by atoms with E-state index in [1.165, 1.54) is 5.56 Å². The lowest BCUT2D eigenvalue weighted by molar-refractivity contribution is 0.0184. The smallest absolute Gasteiger partial charge is 0.410 e. The van der Waals surface area contributed by atoms with Gasteiger partial charge in [-0.3, -0.25) is 4.68 Å². The predicted octanol–water partition coefficient (Wildman–Crippen LogP) is 7.52. The van der Waals surface area contributed by atoms with Gasteiger partial charge in [0.25, 0.3) is 0 Å².